The van der Waals surface area contributed by atoms with Crippen molar-refractivity contribution in [2.45, 2.75) is 58.6 Å². The average molecular weight is 480 g/mol. The van der Waals surface area contributed by atoms with E-state index in [9.17, 15) is 4.79 Å². The van der Waals surface area contributed by atoms with E-state index in [1.54, 1.807) is 12.3 Å². The number of unbranched alkanes of at least 4 members (excludes halogenated alkanes) is 1. The van der Waals surface area contributed by atoms with E-state index >= 15 is 0 Å². The highest BCUT2D eigenvalue weighted by Gasteiger charge is 2.16. The number of hydrogen-bond donors (Lipinski definition) is 3. The summed E-state index contributed by atoms with van der Waals surface area (Å²) < 4.78 is 5.78. The monoisotopic (exact) mass is 479 g/mol. The molecule has 0 saturated heterocycles. The number of nitrogens with one attached hydrogen (secondary N) is 2. The van der Waals surface area contributed by atoms with Crippen LogP contribution in [0, 0.1) is 5.92 Å². The molecule has 2 aromatic rings. The van der Waals surface area contributed by atoms with Crippen molar-refractivity contribution in [3.8, 4) is 0 Å². The van der Waals surface area contributed by atoms with Gasteiger partial charge in [0, 0.05) is 17.8 Å². The zero-order valence-electron chi connectivity index (χ0n) is 18.4. The van der Waals surface area contributed by atoms with E-state index < -0.39 is 0 Å². The van der Waals surface area contributed by atoms with Crippen molar-refractivity contribution < 1.29 is 4.74 Å². The van der Waals surface area contributed by atoms with Gasteiger partial charge in [0.1, 0.15) is 23.7 Å². The molecule has 0 aromatic carbocycles. The maximum absolute atomic E-state index is 12.6. The van der Waals surface area contributed by atoms with Crippen molar-refractivity contribution >= 4 is 34.1 Å². The van der Waals surface area contributed by atoms with Gasteiger partial charge in [0.25, 0.3) is 5.56 Å². The van der Waals surface area contributed by atoms with Gasteiger partial charge >= 0.3 is 0 Å². The summed E-state index contributed by atoms with van der Waals surface area (Å²) in [5, 5.41) is 4.96. The number of aromatic nitrogens is 3. The lowest BCUT2D eigenvalue weighted by Crippen LogP contribution is -2.25. The molecule has 3 rings (SSSR count). The number of pyridine rings is 1. The summed E-state index contributed by atoms with van der Waals surface area (Å²) in [7, 11) is 0. The lowest BCUT2D eigenvalue weighted by molar-refractivity contribution is 0.199. The molecule has 0 bridgehead atoms. The Hall–Kier alpha value is -1.93. The highest BCUT2D eigenvalue weighted by molar-refractivity contribution is 6.40. The fourth-order valence-corrected chi connectivity index (χ4v) is 4.20. The van der Waals surface area contributed by atoms with Crippen LogP contribution in [0.25, 0.3) is 10.9 Å². The molecule has 7 nitrogen and oxygen atoms in total. The highest BCUT2D eigenvalue weighted by atomic mass is 35.5. The summed E-state index contributed by atoms with van der Waals surface area (Å²) in [6, 6.07) is 1.68. The number of ether oxygens (including phenoxy) is 1. The Morgan fingerprint density at radius 2 is 2.19 bits per heavy atom. The molecule has 1 aliphatic carbocycles. The number of nitrogens with two attached hydrogens (primary N) is 1. The molecule has 32 heavy (non-hydrogen) atoms. The van der Waals surface area contributed by atoms with Crippen LogP contribution in [-0.2, 0) is 17.9 Å². The van der Waals surface area contributed by atoms with E-state index in [4.69, 9.17) is 33.7 Å². The van der Waals surface area contributed by atoms with Crippen LogP contribution >= 0.6 is 23.2 Å². The van der Waals surface area contributed by atoms with E-state index in [-0.39, 0.29) is 12.2 Å². The van der Waals surface area contributed by atoms with Gasteiger partial charge in [0.05, 0.1) is 16.1 Å². The highest BCUT2D eigenvalue weighted by Crippen LogP contribution is 2.31. The summed E-state index contributed by atoms with van der Waals surface area (Å²) in [6.07, 6.45) is 9.50. The van der Waals surface area contributed by atoms with Crippen LogP contribution in [0.4, 0.5) is 0 Å². The molecule has 0 spiro atoms. The van der Waals surface area contributed by atoms with Crippen molar-refractivity contribution in [2.75, 3.05) is 13.1 Å². The minimum absolute atomic E-state index is 0.0781. The molecule has 4 N–H and O–H groups in total. The molecule has 2 heterocycles. The Labute approximate surface area is 198 Å². The van der Waals surface area contributed by atoms with Crippen molar-refractivity contribution in [2.24, 2.45) is 11.7 Å². The maximum atomic E-state index is 12.6. The van der Waals surface area contributed by atoms with Gasteiger partial charge in [-0.2, -0.15) is 0 Å². The van der Waals surface area contributed by atoms with Crippen LogP contribution in [-0.4, -0.2) is 28.0 Å². The van der Waals surface area contributed by atoms with Gasteiger partial charge in [-0.15, -0.1) is 0 Å². The van der Waals surface area contributed by atoms with E-state index in [0.29, 0.717) is 58.0 Å². The molecule has 0 fully saturated rings. The van der Waals surface area contributed by atoms with Crippen molar-refractivity contribution in [3.63, 3.8) is 0 Å². The molecule has 174 valence electrons. The zero-order chi connectivity index (χ0) is 22.9. The fourth-order valence-electron chi connectivity index (χ4n) is 3.77. The molecule has 0 radical (unpaired) electrons. The Morgan fingerprint density at radius 3 is 2.97 bits per heavy atom. The van der Waals surface area contributed by atoms with Gasteiger partial charge in [0.2, 0.25) is 0 Å². The molecule has 0 saturated carbocycles. The van der Waals surface area contributed by atoms with Gasteiger partial charge in [-0.1, -0.05) is 43.0 Å². The van der Waals surface area contributed by atoms with Crippen LogP contribution in [0.5, 0.6) is 0 Å². The van der Waals surface area contributed by atoms with Gasteiger partial charge in [-0.3, -0.25) is 9.78 Å². The van der Waals surface area contributed by atoms with Crippen LogP contribution in [0.15, 0.2) is 39.0 Å². The lowest BCUT2D eigenvalue weighted by Gasteiger charge is -2.17. The molecule has 1 aliphatic rings. The Morgan fingerprint density at radius 1 is 1.34 bits per heavy atom. The van der Waals surface area contributed by atoms with Gasteiger partial charge in [0.15, 0.2) is 0 Å². The first-order valence-electron chi connectivity index (χ1n) is 11.2. The first-order chi connectivity index (χ1) is 15.5. The van der Waals surface area contributed by atoms with Crippen LogP contribution in [0.2, 0.25) is 0 Å². The molecule has 2 aromatic heterocycles. The van der Waals surface area contributed by atoms with Gasteiger partial charge in [-0.05, 0) is 56.8 Å². The number of aromatic amines is 1. The van der Waals surface area contributed by atoms with Crippen molar-refractivity contribution in [1.29, 1.82) is 0 Å². The van der Waals surface area contributed by atoms with Crippen molar-refractivity contribution in [1.82, 2.24) is 20.3 Å². The van der Waals surface area contributed by atoms with E-state index in [2.05, 4.69) is 27.2 Å². The minimum Gasteiger partial charge on any atom is -0.484 e. The second-order valence-corrected chi connectivity index (χ2v) is 8.83. The van der Waals surface area contributed by atoms with E-state index in [0.717, 1.165) is 31.5 Å². The lowest BCUT2D eigenvalue weighted by atomic mass is 9.98. The Bertz CT molecular complexity index is 1030. The molecule has 9 heteroatoms. The fraction of sp³-hybridized carbons (Fsp3) is 0.522. The third-order valence-corrected chi connectivity index (χ3v) is 6.42. The molecule has 1 atom stereocenters. The summed E-state index contributed by atoms with van der Waals surface area (Å²) in [5.74, 6) is 1.45. The van der Waals surface area contributed by atoms with Crippen LogP contribution in [0.3, 0.4) is 0 Å². The average Bonchev–Trinajstić information content (AvgIpc) is 2.79. The van der Waals surface area contributed by atoms with E-state index in [1.807, 2.05) is 6.08 Å². The third-order valence-electron chi connectivity index (χ3n) is 5.53. The second kappa shape index (κ2) is 12.3. The molecule has 0 aliphatic heterocycles. The summed E-state index contributed by atoms with van der Waals surface area (Å²) in [4.78, 5) is 24.5. The minimum atomic E-state index is -0.224. The summed E-state index contributed by atoms with van der Waals surface area (Å²) in [5.41, 5.74) is 6.85. The number of halogens is 2. The predicted octanol–water partition coefficient (Wildman–Crippen LogP) is 4.45. The number of hydrogen-bond acceptors (Lipinski definition) is 6. The topological polar surface area (TPSA) is 106 Å². The zero-order valence-corrected chi connectivity index (χ0v) is 19.9. The van der Waals surface area contributed by atoms with Crippen LogP contribution < -0.4 is 16.6 Å². The first-order valence-corrected chi connectivity index (χ1v) is 11.9. The predicted molar refractivity (Wildman–Crippen MR) is 129 cm³/mol. The smallest absolute Gasteiger partial charge is 0.258 e. The number of fused-ring (bicyclic) bond motifs is 1. The number of H-pyrrole nitrogens is 1. The van der Waals surface area contributed by atoms with Gasteiger partial charge in [-0.25, -0.2) is 4.98 Å². The molecular weight excluding hydrogens is 449 g/mol. The van der Waals surface area contributed by atoms with Gasteiger partial charge < -0.3 is 20.8 Å². The summed E-state index contributed by atoms with van der Waals surface area (Å²) in [6.45, 7) is 4.34. The Kier molecular flexibility index (Phi) is 9.53. The second-order valence-electron chi connectivity index (χ2n) is 8.00. The molecule has 0 amide bonds. The third kappa shape index (κ3) is 6.54. The molecular formula is C23H31Cl2N5O2. The van der Waals surface area contributed by atoms with Crippen LogP contribution in [0.1, 0.15) is 57.0 Å². The quantitative estimate of drug-likeness (QED) is 0.415. The largest absolute Gasteiger partial charge is 0.484 e. The number of nitrogens with zero attached hydrogens (tertiary/aromatic N) is 2. The number of rotatable bonds is 12. The maximum Gasteiger partial charge on any atom is 0.258 e. The first kappa shape index (κ1) is 24.7. The molecule has 1 unspecified atom stereocenters. The summed E-state index contributed by atoms with van der Waals surface area (Å²) >= 11 is 12.3. The Balaban J connectivity index is 1.72. The number of allylic oxidation sites excluding steroid dienone is 3. The SMILES string of the molecule is CCCCC(CCN)CNCc1nccc2c(=O)[nH]c(COC3=CCCC(Cl)=C3Cl)nc12. The van der Waals surface area contributed by atoms with Crippen molar-refractivity contribution in [3.05, 3.63) is 56.0 Å². The normalized spacial score (nSPS) is 15.2. The van der Waals surface area contributed by atoms with E-state index in [1.165, 1.54) is 12.8 Å². The standard InChI is InChI=1S/C23H31Cl2N5O2/c1-2-3-5-15(8-10-26)12-27-13-18-22-16(9-11-28-18)23(31)30-20(29-22)14-32-19-7-4-6-17(24)21(19)25/h7,9,11,15,27H,2-6,8,10,12-14,26H2,1H3,(H,29,30,31).